The first-order valence-corrected chi connectivity index (χ1v) is 2.73. The molecule has 0 aromatic heterocycles. The van der Waals surface area contributed by atoms with Crippen molar-refractivity contribution in [1.82, 2.24) is 4.90 Å². The van der Waals surface area contributed by atoms with Crippen molar-refractivity contribution in [3.05, 3.63) is 12.7 Å². The Bertz CT molecular complexity index is 165. The number of carbonyl (C=O) groups excluding carboxylic acids is 2. The van der Waals surface area contributed by atoms with Crippen LogP contribution in [-0.2, 0) is 9.59 Å². The van der Waals surface area contributed by atoms with Gasteiger partial charge >= 0.3 is 0 Å². The van der Waals surface area contributed by atoms with E-state index in [1.807, 2.05) is 0 Å². The van der Waals surface area contributed by atoms with Crippen molar-refractivity contribution in [2.75, 3.05) is 13.6 Å². The zero-order chi connectivity index (χ0) is 8.15. The van der Waals surface area contributed by atoms with Crippen molar-refractivity contribution in [2.45, 2.75) is 0 Å². The molecule has 0 aliphatic heterocycles. The van der Waals surface area contributed by atoms with Crippen LogP contribution in [0.4, 0.5) is 0 Å². The van der Waals surface area contributed by atoms with Crippen LogP contribution in [-0.4, -0.2) is 30.3 Å². The molecule has 0 aromatic rings. The van der Waals surface area contributed by atoms with Crippen LogP contribution in [0.1, 0.15) is 0 Å². The molecule has 0 heterocycles. The minimum atomic E-state index is -0.530. The number of hydrogen-bond donors (Lipinski definition) is 1. The summed E-state index contributed by atoms with van der Waals surface area (Å²) in [6.07, 6.45) is 1.13. The van der Waals surface area contributed by atoms with Gasteiger partial charge in [0, 0.05) is 7.05 Å². The highest BCUT2D eigenvalue weighted by Gasteiger charge is 2.05. The predicted octanol–water partition coefficient (Wildman–Crippen LogP) is -0.884. The maximum atomic E-state index is 10.6. The minimum absolute atomic E-state index is 0.0646. The Labute approximate surface area is 59.3 Å². The summed E-state index contributed by atoms with van der Waals surface area (Å²) < 4.78 is 0. The first-order valence-electron chi connectivity index (χ1n) is 2.73. The van der Waals surface area contributed by atoms with E-state index in [-0.39, 0.29) is 12.5 Å². The number of carbonyl (C=O) groups is 2. The molecule has 0 rings (SSSR count). The molecule has 0 atom stereocenters. The third kappa shape index (κ3) is 2.86. The average molecular weight is 142 g/mol. The monoisotopic (exact) mass is 142 g/mol. The molecule has 10 heavy (non-hydrogen) atoms. The molecule has 0 aromatic carbocycles. The van der Waals surface area contributed by atoms with Crippen LogP contribution < -0.4 is 5.73 Å². The van der Waals surface area contributed by atoms with Crippen LogP contribution in [0.15, 0.2) is 12.7 Å². The Morgan fingerprint density at radius 1 is 1.70 bits per heavy atom. The molecule has 0 saturated heterocycles. The van der Waals surface area contributed by atoms with Gasteiger partial charge in [-0.2, -0.15) is 0 Å². The zero-order valence-electron chi connectivity index (χ0n) is 5.83. The van der Waals surface area contributed by atoms with E-state index in [1.165, 1.54) is 11.9 Å². The van der Waals surface area contributed by atoms with Gasteiger partial charge in [0.25, 0.3) is 0 Å². The summed E-state index contributed by atoms with van der Waals surface area (Å²) in [7, 11) is 1.48. The number of primary amides is 1. The van der Waals surface area contributed by atoms with Gasteiger partial charge in [-0.05, 0) is 6.08 Å². The number of likely N-dealkylation sites (N-methyl/N-ethyl adjacent to an activating group) is 1. The summed E-state index contributed by atoms with van der Waals surface area (Å²) in [5.74, 6) is -0.837. The van der Waals surface area contributed by atoms with E-state index in [0.717, 1.165) is 6.08 Å². The molecule has 0 saturated carbocycles. The van der Waals surface area contributed by atoms with Gasteiger partial charge in [0.2, 0.25) is 11.8 Å². The Balaban J connectivity index is 3.84. The quantitative estimate of drug-likeness (QED) is 0.520. The highest BCUT2D eigenvalue weighted by molar-refractivity contribution is 5.90. The smallest absolute Gasteiger partial charge is 0.246 e. The van der Waals surface area contributed by atoms with E-state index >= 15 is 0 Å². The van der Waals surface area contributed by atoms with Crippen LogP contribution in [0.2, 0.25) is 0 Å². The fourth-order valence-corrected chi connectivity index (χ4v) is 0.468. The summed E-state index contributed by atoms with van der Waals surface area (Å²) >= 11 is 0. The van der Waals surface area contributed by atoms with E-state index < -0.39 is 5.91 Å². The molecular formula is C6H10N2O2. The Morgan fingerprint density at radius 3 is 2.50 bits per heavy atom. The van der Waals surface area contributed by atoms with Gasteiger partial charge < -0.3 is 10.6 Å². The van der Waals surface area contributed by atoms with Crippen LogP contribution >= 0.6 is 0 Å². The van der Waals surface area contributed by atoms with Gasteiger partial charge in [0.15, 0.2) is 0 Å². The summed E-state index contributed by atoms with van der Waals surface area (Å²) in [4.78, 5) is 22.1. The van der Waals surface area contributed by atoms with E-state index in [2.05, 4.69) is 6.58 Å². The number of rotatable bonds is 3. The van der Waals surface area contributed by atoms with Gasteiger partial charge in [0.05, 0.1) is 6.54 Å². The van der Waals surface area contributed by atoms with Gasteiger partial charge in [-0.15, -0.1) is 0 Å². The van der Waals surface area contributed by atoms with Crippen molar-refractivity contribution < 1.29 is 9.59 Å². The number of amides is 2. The Kier molecular flexibility index (Phi) is 3.17. The molecule has 0 fully saturated rings. The lowest BCUT2D eigenvalue weighted by Crippen LogP contribution is -2.34. The van der Waals surface area contributed by atoms with Gasteiger partial charge in [0.1, 0.15) is 0 Å². The summed E-state index contributed by atoms with van der Waals surface area (Å²) in [6.45, 7) is 3.18. The molecule has 0 radical (unpaired) electrons. The molecule has 0 aliphatic carbocycles. The van der Waals surface area contributed by atoms with E-state index in [1.54, 1.807) is 0 Å². The van der Waals surface area contributed by atoms with Crippen LogP contribution in [0, 0.1) is 0 Å². The lowest BCUT2D eigenvalue weighted by atomic mass is 10.5. The predicted molar refractivity (Wildman–Crippen MR) is 37.0 cm³/mol. The lowest BCUT2D eigenvalue weighted by molar-refractivity contribution is -0.129. The van der Waals surface area contributed by atoms with Gasteiger partial charge in [-0.25, -0.2) is 0 Å². The van der Waals surface area contributed by atoms with Crippen molar-refractivity contribution in [1.29, 1.82) is 0 Å². The summed E-state index contributed by atoms with van der Waals surface area (Å²) in [6, 6.07) is 0. The second kappa shape index (κ2) is 3.66. The lowest BCUT2D eigenvalue weighted by Gasteiger charge is -2.10. The Morgan fingerprint density at radius 2 is 2.20 bits per heavy atom. The topological polar surface area (TPSA) is 63.4 Å². The molecule has 4 heteroatoms. The second-order valence-corrected chi connectivity index (χ2v) is 1.86. The maximum absolute atomic E-state index is 10.6. The molecule has 4 nitrogen and oxygen atoms in total. The summed E-state index contributed by atoms with van der Waals surface area (Å²) in [5.41, 5.74) is 4.82. The largest absolute Gasteiger partial charge is 0.368 e. The normalized spacial score (nSPS) is 8.50. The first-order chi connectivity index (χ1) is 4.57. The SMILES string of the molecule is C=CC(=O)N(C)CC(N)=O. The molecule has 0 bridgehead atoms. The number of nitrogens with zero attached hydrogens (tertiary/aromatic N) is 1. The van der Waals surface area contributed by atoms with E-state index in [0.29, 0.717) is 0 Å². The highest BCUT2D eigenvalue weighted by atomic mass is 16.2. The average Bonchev–Trinajstić information content (AvgIpc) is 1.85. The van der Waals surface area contributed by atoms with Crippen molar-refractivity contribution in [2.24, 2.45) is 5.73 Å². The zero-order valence-corrected chi connectivity index (χ0v) is 5.83. The van der Waals surface area contributed by atoms with Crippen molar-refractivity contribution >= 4 is 11.8 Å². The highest BCUT2D eigenvalue weighted by Crippen LogP contribution is 1.82. The van der Waals surface area contributed by atoms with Crippen LogP contribution in [0.3, 0.4) is 0 Å². The number of nitrogens with two attached hydrogens (primary N) is 1. The maximum Gasteiger partial charge on any atom is 0.246 e. The number of hydrogen-bond acceptors (Lipinski definition) is 2. The van der Waals surface area contributed by atoms with Crippen LogP contribution in [0.25, 0.3) is 0 Å². The van der Waals surface area contributed by atoms with Gasteiger partial charge in [-0.3, -0.25) is 9.59 Å². The van der Waals surface area contributed by atoms with E-state index in [9.17, 15) is 9.59 Å². The molecule has 2 amide bonds. The molecule has 0 aliphatic rings. The van der Waals surface area contributed by atoms with Crippen molar-refractivity contribution in [3.63, 3.8) is 0 Å². The third-order valence-corrected chi connectivity index (χ3v) is 0.944. The molecule has 56 valence electrons. The molecule has 0 spiro atoms. The Hall–Kier alpha value is -1.32. The fourth-order valence-electron chi connectivity index (χ4n) is 0.468. The molecular weight excluding hydrogens is 132 g/mol. The third-order valence-electron chi connectivity index (χ3n) is 0.944. The van der Waals surface area contributed by atoms with E-state index in [4.69, 9.17) is 5.73 Å². The van der Waals surface area contributed by atoms with Crippen molar-refractivity contribution in [3.8, 4) is 0 Å². The summed E-state index contributed by atoms with van der Waals surface area (Å²) in [5, 5.41) is 0. The minimum Gasteiger partial charge on any atom is -0.368 e. The molecule has 2 N–H and O–H groups in total. The van der Waals surface area contributed by atoms with Gasteiger partial charge in [-0.1, -0.05) is 6.58 Å². The first kappa shape index (κ1) is 8.68. The van der Waals surface area contributed by atoms with Crippen LogP contribution in [0.5, 0.6) is 0 Å². The molecule has 0 unspecified atom stereocenters. The fraction of sp³-hybridized carbons (Fsp3) is 0.333. The second-order valence-electron chi connectivity index (χ2n) is 1.86. The standard InChI is InChI=1S/C6H10N2O2/c1-3-6(10)8(2)4-5(7)9/h3H,1,4H2,2H3,(H2,7,9).